The number of amides is 2. The van der Waals surface area contributed by atoms with Gasteiger partial charge in [-0.3, -0.25) is 9.59 Å². The van der Waals surface area contributed by atoms with Gasteiger partial charge in [0.2, 0.25) is 5.91 Å². The van der Waals surface area contributed by atoms with Crippen molar-refractivity contribution in [3.63, 3.8) is 0 Å². The van der Waals surface area contributed by atoms with Gasteiger partial charge in [-0.15, -0.1) is 0 Å². The van der Waals surface area contributed by atoms with Gasteiger partial charge in [-0.05, 0) is 66.8 Å². The van der Waals surface area contributed by atoms with E-state index in [-0.39, 0.29) is 17.7 Å². The Bertz CT molecular complexity index is 1140. The van der Waals surface area contributed by atoms with Crippen molar-refractivity contribution in [1.82, 2.24) is 9.80 Å². The molecule has 4 heteroatoms. The van der Waals surface area contributed by atoms with Crippen LogP contribution in [0.4, 0.5) is 0 Å². The molecule has 1 heterocycles. The summed E-state index contributed by atoms with van der Waals surface area (Å²) < 4.78 is 0. The normalized spacial score (nSPS) is 21.4. The summed E-state index contributed by atoms with van der Waals surface area (Å²) in [5, 5.41) is 2.08. The number of fused-ring (bicyclic) bond motifs is 1. The highest BCUT2D eigenvalue weighted by Crippen LogP contribution is 2.35. The Labute approximate surface area is 202 Å². The fourth-order valence-electron chi connectivity index (χ4n) is 5.90. The Balaban J connectivity index is 1.15. The predicted molar refractivity (Wildman–Crippen MR) is 137 cm³/mol. The Morgan fingerprint density at radius 3 is 2.15 bits per heavy atom. The third-order valence-corrected chi connectivity index (χ3v) is 8.01. The van der Waals surface area contributed by atoms with Crippen LogP contribution in [-0.2, 0) is 4.79 Å². The molecule has 4 nitrogen and oxygen atoms in total. The van der Waals surface area contributed by atoms with Crippen molar-refractivity contribution in [2.75, 3.05) is 20.1 Å². The van der Waals surface area contributed by atoms with Gasteiger partial charge in [0.1, 0.15) is 0 Å². The second kappa shape index (κ2) is 10.0. The van der Waals surface area contributed by atoms with Crippen molar-refractivity contribution in [3.8, 4) is 0 Å². The Kier molecular flexibility index (Phi) is 6.66. The predicted octanol–water partition coefficient (Wildman–Crippen LogP) is 5.88. The summed E-state index contributed by atoms with van der Waals surface area (Å²) in [7, 11) is 1.99. The molecule has 0 spiro atoms. The lowest BCUT2D eigenvalue weighted by atomic mass is 9.81. The van der Waals surface area contributed by atoms with E-state index in [0.717, 1.165) is 54.9 Å². The maximum atomic E-state index is 13.3. The number of rotatable bonds is 4. The summed E-state index contributed by atoms with van der Waals surface area (Å²) in [6, 6.07) is 25.1. The molecule has 1 aliphatic carbocycles. The van der Waals surface area contributed by atoms with Crippen molar-refractivity contribution < 1.29 is 9.59 Å². The number of hydrogen-bond donors (Lipinski definition) is 0. The smallest absolute Gasteiger partial charge is 0.254 e. The van der Waals surface area contributed by atoms with Crippen LogP contribution in [0.25, 0.3) is 10.8 Å². The number of likely N-dealkylation sites (tertiary alicyclic amines) is 1. The van der Waals surface area contributed by atoms with Crippen LogP contribution in [0.2, 0.25) is 0 Å². The van der Waals surface area contributed by atoms with Gasteiger partial charge >= 0.3 is 0 Å². The van der Waals surface area contributed by atoms with E-state index in [9.17, 15) is 9.59 Å². The zero-order valence-electron chi connectivity index (χ0n) is 20.0. The average Bonchev–Trinajstić information content (AvgIpc) is 2.92. The van der Waals surface area contributed by atoms with E-state index in [2.05, 4.69) is 30.3 Å². The van der Waals surface area contributed by atoms with Crippen LogP contribution in [-0.4, -0.2) is 47.8 Å². The number of benzene rings is 3. The molecule has 176 valence electrons. The first-order valence-corrected chi connectivity index (χ1v) is 12.7. The minimum Gasteiger partial charge on any atom is -0.343 e. The lowest BCUT2D eigenvalue weighted by Crippen LogP contribution is -2.46. The molecule has 2 fully saturated rings. The molecule has 1 saturated heterocycles. The lowest BCUT2D eigenvalue weighted by molar-refractivity contribution is -0.138. The van der Waals surface area contributed by atoms with Crippen molar-refractivity contribution in [3.05, 3.63) is 83.9 Å². The van der Waals surface area contributed by atoms with Crippen LogP contribution in [0.5, 0.6) is 0 Å². The molecule has 0 N–H and O–H groups in total. The number of nitrogens with zero attached hydrogens (tertiary/aromatic N) is 2. The molecule has 0 bridgehead atoms. The van der Waals surface area contributed by atoms with Crippen molar-refractivity contribution in [2.45, 2.75) is 50.5 Å². The van der Waals surface area contributed by atoms with Crippen LogP contribution in [0.1, 0.15) is 60.4 Å². The largest absolute Gasteiger partial charge is 0.343 e. The molecule has 2 amide bonds. The standard InChI is InChI=1S/C30H34N2O2/c1-31(26-16-14-23(15-17-26)22-8-3-2-4-9-22)29(33)25-18-20-32(21-19-25)30(34)28-13-7-11-24-10-5-6-12-27(24)28/h2-13,23,25-26H,14-21H2,1H3. The first-order chi connectivity index (χ1) is 16.6. The molecule has 0 radical (unpaired) electrons. The van der Waals surface area contributed by atoms with E-state index in [1.807, 2.05) is 59.3 Å². The molecule has 0 atom stereocenters. The van der Waals surface area contributed by atoms with Crippen LogP contribution < -0.4 is 0 Å². The molecular weight excluding hydrogens is 420 g/mol. The molecule has 0 unspecified atom stereocenters. The maximum Gasteiger partial charge on any atom is 0.254 e. The van der Waals surface area contributed by atoms with Crippen molar-refractivity contribution >= 4 is 22.6 Å². The van der Waals surface area contributed by atoms with E-state index in [0.29, 0.717) is 25.0 Å². The number of carbonyl (C=O) groups excluding carboxylic acids is 2. The van der Waals surface area contributed by atoms with Gasteiger partial charge in [-0.25, -0.2) is 0 Å². The quantitative estimate of drug-likeness (QED) is 0.494. The van der Waals surface area contributed by atoms with E-state index in [4.69, 9.17) is 0 Å². The zero-order chi connectivity index (χ0) is 23.5. The van der Waals surface area contributed by atoms with Gasteiger partial charge in [0, 0.05) is 37.7 Å². The lowest BCUT2D eigenvalue weighted by Gasteiger charge is -2.38. The van der Waals surface area contributed by atoms with Gasteiger partial charge in [-0.1, -0.05) is 66.7 Å². The first kappa shape index (κ1) is 22.6. The molecule has 2 aliphatic rings. The van der Waals surface area contributed by atoms with Crippen molar-refractivity contribution in [2.24, 2.45) is 5.92 Å². The van der Waals surface area contributed by atoms with Crippen LogP contribution in [0, 0.1) is 5.92 Å². The maximum absolute atomic E-state index is 13.3. The van der Waals surface area contributed by atoms with Gasteiger partial charge in [-0.2, -0.15) is 0 Å². The molecular formula is C30H34N2O2. The highest BCUT2D eigenvalue weighted by atomic mass is 16.2. The van der Waals surface area contributed by atoms with E-state index < -0.39 is 0 Å². The summed E-state index contributed by atoms with van der Waals surface area (Å²) in [6.07, 6.45) is 5.92. The highest BCUT2D eigenvalue weighted by Gasteiger charge is 2.33. The van der Waals surface area contributed by atoms with E-state index in [1.54, 1.807) is 0 Å². The monoisotopic (exact) mass is 454 g/mol. The van der Waals surface area contributed by atoms with Crippen LogP contribution >= 0.6 is 0 Å². The van der Waals surface area contributed by atoms with Crippen molar-refractivity contribution in [1.29, 1.82) is 0 Å². The second-order valence-corrected chi connectivity index (χ2v) is 9.96. The molecule has 3 aromatic rings. The Morgan fingerprint density at radius 2 is 1.41 bits per heavy atom. The van der Waals surface area contributed by atoms with Crippen LogP contribution in [0.15, 0.2) is 72.8 Å². The van der Waals surface area contributed by atoms with E-state index in [1.165, 1.54) is 5.56 Å². The number of piperidine rings is 1. The molecule has 3 aromatic carbocycles. The fraction of sp³-hybridized carbons (Fsp3) is 0.400. The molecule has 1 saturated carbocycles. The SMILES string of the molecule is CN(C(=O)C1CCN(C(=O)c2cccc3ccccc23)CC1)C1CCC(c2ccccc2)CC1. The summed E-state index contributed by atoms with van der Waals surface area (Å²) in [5.74, 6) is 0.980. The average molecular weight is 455 g/mol. The Morgan fingerprint density at radius 1 is 0.765 bits per heavy atom. The molecule has 34 heavy (non-hydrogen) atoms. The third-order valence-electron chi connectivity index (χ3n) is 8.01. The second-order valence-electron chi connectivity index (χ2n) is 9.96. The zero-order valence-corrected chi connectivity index (χ0v) is 20.0. The van der Waals surface area contributed by atoms with Gasteiger partial charge < -0.3 is 9.80 Å². The molecule has 0 aromatic heterocycles. The summed E-state index contributed by atoms with van der Waals surface area (Å²) in [5.41, 5.74) is 2.19. The highest BCUT2D eigenvalue weighted by molar-refractivity contribution is 6.07. The third kappa shape index (κ3) is 4.59. The molecule has 5 rings (SSSR count). The first-order valence-electron chi connectivity index (χ1n) is 12.7. The van der Waals surface area contributed by atoms with Gasteiger partial charge in [0.15, 0.2) is 0 Å². The summed E-state index contributed by atoms with van der Waals surface area (Å²) >= 11 is 0. The number of carbonyl (C=O) groups is 2. The minimum absolute atomic E-state index is 0.0217. The Hall–Kier alpha value is -3.14. The molecule has 1 aliphatic heterocycles. The summed E-state index contributed by atoms with van der Waals surface area (Å²) in [4.78, 5) is 30.5. The summed E-state index contributed by atoms with van der Waals surface area (Å²) in [6.45, 7) is 1.29. The van der Waals surface area contributed by atoms with E-state index >= 15 is 0 Å². The minimum atomic E-state index is 0.0217. The fourth-order valence-corrected chi connectivity index (χ4v) is 5.90. The van der Waals surface area contributed by atoms with Gasteiger partial charge in [0.25, 0.3) is 5.91 Å². The van der Waals surface area contributed by atoms with Crippen LogP contribution in [0.3, 0.4) is 0 Å². The topological polar surface area (TPSA) is 40.6 Å². The number of hydrogen-bond acceptors (Lipinski definition) is 2. The van der Waals surface area contributed by atoms with Gasteiger partial charge in [0.05, 0.1) is 0 Å².